The molecular formula is C25H39N5O5S. The number of aliphatic carboxylic acids is 1. The van der Waals surface area contributed by atoms with E-state index in [1.165, 1.54) is 4.90 Å². The Morgan fingerprint density at radius 1 is 1.08 bits per heavy atom. The van der Waals surface area contributed by atoms with Crippen LogP contribution in [0.1, 0.15) is 44.1 Å². The summed E-state index contributed by atoms with van der Waals surface area (Å²) in [7, 11) is 0. The molecule has 1 saturated heterocycles. The summed E-state index contributed by atoms with van der Waals surface area (Å²) in [5.74, 6) is -1.71. The summed E-state index contributed by atoms with van der Waals surface area (Å²) in [5, 5.41) is 15.1. The van der Waals surface area contributed by atoms with Gasteiger partial charge in [-0.15, -0.1) is 0 Å². The van der Waals surface area contributed by atoms with Crippen LogP contribution < -0.4 is 22.1 Å². The van der Waals surface area contributed by atoms with E-state index in [1.54, 1.807) is 11.8 Å². The average molecular weight is 522 g/mol. The predicted molar refractivity (Wildman–Crippen MR) is 140 cm³/mol. The number of nitrogens with one attached hydrogen (secondary N) is 2. The number of likely N-dealkylation sites (tertiary alicyclic amines) is 1. The maximum atomic E-state index is 13.5. The van der Waals surface area contributed by atoms with Gasteiger partial charge in [-0.25, -0.2) is 4.79 Å². The number of unbranched alkanes of at least 4 members (excludes halogenated alkanes) is 1. The fourth-order valence-electron chi connectivity index (χ4n) is 4.23. The lowest BCUT2D eigenvalue weighted by atomic mass is 10.0. The first kappa shape index (κ1) is 29.6. The van der Waals surface area contributed by atoms with Gasteiger partial charge in [0.2, 0.25) is 17.7 Å². The Morgan fingerprint density at radius 3 is 2.42 bits per heavy atom. The molecule has 0 saturated carbocycles. The summed E-state index contributed by atoms with van der Waals surface area (Å²) in [5.41, 5.74) is 12.4. The zero-order valence-electron chi connectivity index (χ0n) is 20.9. The van der Waals surface area contributed by atoms with Crippen LogP contribution in [0.2, 0.25) is 0 Å². The topological polar surface area (TPSA) is 168 Å². The monoisotopic (exact) mass is 521 g/mol. The van der Waals surface area contributed by atoms with E-state index in [1.807, 2.05) is 36.6 Å². The standard InChI is InChI=1S/C25H39N5O5S/c1-36-15-12-18(27)22(31)28-19(10-5-6-13-26)23(32)29-20(16-17-8-3-2-4-9-17)24(33)30-14-7-11-21(30)25(34)35/h2-4,8-9,18-21H,5-7,10-16,26-27H2,1H3,(H,28,31)(H,29,32)(H,34,35). The second-order valence-corrected chi connectivity index (χ2v) is 10.00. The second-order valence-electron chi connectivity index (χ2n) is 9.01. The number of carboxylic acid groups (broad SMARTS) is 1. The van der Waals surface area contributed by atoms with Gasteiger partial charge in [0, 0.05) is 13.0 Å². The number of carboxylic acids is 1. The highest BCUT2D eigenvalue weighted by molar-refractivity contribution is 7.98. The summed E-state index contributed by atoms with van der Waals surface area (Å²) in [6.45, 7) is 0.772. The van der Waals surface area contributed by atoms with Crippen LogP contribution in [-0.2, 0) is 25.6 Å². The van der Waals surface area contributed by atoms with Crippen molar-refractivity contribution in [2.75, 3.05) is 25.1 Å². The van der Waals surface area contributed by atoms with Crippen molar-refractivity contribution in [2.45, 2.75) is 69.1 Å². The van der Waals surface area contributed by atoms with E-state index in [-0.39, 0.29) is 6.42 Å². The molecule has 4 unspecified atom stereocenters. The molecule has 10 nitrogen and oxygen atoms in total. The van der Waals surface area contributed by atoms with Crippen LogP contribution in [0.25, 0.3) is 0 Å². The number of hydrogen-bond acceptors (Lipinski definition) is 7. The van der Waals surface area contributed by atoms with Gasteiger partial charge in [-0.05, 0) is 62.6 Å². The van der Waals surface area contributed by atoms with Gasteiger partial charge in [0.1, 0.15) is 18.1 Å². The third-order valence-electron chi connectivity index (χ3n) is 6.27. The van der Waals surface area contributed by atoms with Crippen LogP contribution in [0.3, 0.4) is 0 Å². The highest BCUT2D eigenvalue weighted by Crippen LogP contribution is 2.20. The van der Waals surface area contributed by atoms with Gasteiger partial charge in [0.05, 0.1) is 6.04 Å². The Hall–Kier alpha value is -2.63. The number of hydrogen-bond donors (Lipinski definition) is 5. The maximum Gasteiger partial charge on any atom is 0.326 e. The Bertz CT molecular complexity index is 872. The normalized spacial score (nSPS) is 17.8. The fourth-order valence-corrected chi connectivity index (χ4v) is 4.72. The smallest absolute Gasteiger partial charge is 0.326 e. The molecule has 7 N–H and O–H groups in total. The third kappa shape index (κ3) is 9.11. The third-order valence-corrected chi connectivity index (χ3v) is 6.91. The maximum absolute atomic E-state index is 13.5. The van der Waals surface area contributed by atoms with Gasteiger partial charge in [-0.2, -0.15) is 11.8 Å². The van der Waals surface area contributed by atoms with Crippen molar-refractivity contribution in [1.29, 1.82) is 0 Å². The van der Waals surface area contributed by atoms with Crippen LogP contribution in [0.4, 0.5) is 0 Å². The van der Waals surface area contributed by atoms with E-state index in [0.717, 1.165) is 5.56 Å². The summed E-state index contributed by atoms with van der Waals surface area (Å²) in [4.78, 5) is 52.5. The SMILES string of the molecule is CSCCC(N)C(=O)NC(CCCCN)C(=O)NC(Cc1ccccc1)C(=O)N1CCCC1C(=O)O. The largest absolute Gasteiger partial charge is 0.480 e. The molecule has 2 rings (SSSR count). The molecule has 1 aliphatic rings. The summed E-state index contributed by atoms with van der Waals surface area (Å²) < 4.78 is 0. The van der Waals surface area contributed by atoms with Gasteiger partial charge in [0.15, 0.2) is 0 Å². The molecule has 1 aromatic rings. The molecule has 1 aromatic carbocycles. The van der Waals surface area contributed by atoms with Crippen LogP contribution >= 0.6 is 11.8 Å². The zero-order valence-corrected chi connectivity index (χ0v) is 21.7. The highest BCUT2D eigenvalue weighted by Gasteiger charge is 2.38. The van der Waals surface area contributed by atoms with E-state index in [9.17, 15) is 24.3 Å². The first-order valence-corrected chi connectivity index (χ1v) is 13.8. The zero-order chi connectivity index (χ0) is 26.5. The molecular weight excluding hydrogens is 482 g/mol. The molecule has 0 aliphatic carbocycles. The van der Waals surface area contributed by atoms with Crippen molar-refractivity contribution in [1.82, 2.24) is 15.5 Å². The lowest BCUT2D eigenvalue weighted by molar-refractivity contribution is -0.149. The minimum absolute atomic E-state index is 0.199. The quantitative estimate of drug-likeness (QED) is 0.208. The lowest BCUT2D eigenvalue weighted by Gasteiger charge is -2.29. The number of rotatable bonds is 15. The molecule has 11 heteroatoms. The van der Waals surface area contributed by atoms with E-state index >= 15 is 0 Å². The van der Waals surface area contributed by atoms with E-state index in [4.69, 9.17) is 11.5 Å². The summed E-state index contributed by atoms with van der Waals surface area (Å²) in [6, 6.07) is 5.69. The van der Waals surface area contributed by atoms with Crippen LogP contribution in [0, 0.1) is 0 Å². The lowest BCUT2D eigenvalue weighted by Crippen LogP contribution is -2.57. The number of nitrogens with zero attached hydrogens (tertiary/aromatic N) is 1. The molecule has 0 spiro atoms. The molecule has 0 radical (unpaired) electrons. The molecule has 1 fully saturated rings. The molecule has 1 heterocycles. The predicted octanol–water partition coefficient (Wildman–Crippen LogP) is 0.484. The first-order chi connectivity index (χ1) is 17.3. The van der Waals surface area contributed by atoms with Gasteiger partial charge in [-0.1, -0.05) is 30.3 Å². The van der Waals surface area contributed by atoms with E-state index in [0.29, 0.717) is 57.4 Å². The Labute approximate surface area is 216 Å². The number of carbonyl (C=O) groups is 4. The van der Waals surface area contributed by atoms with Crippen molar-refractivity contribution in [3.05, 3.63) is 35.9 Å². The second kappa shape index (κ2) is 15.5. The molecule has 0 bridgehead atoms. The van der Waals surface area contributed by atoms with Crippen molar-refractivity contribution in [2.24, 2.45) is 11.5 Å². The minimum atomic E-state index is -1.06. The van der Waals surface area contributed by atoms with Gasteiger partial charge < -0.3 is 32.1 Å². The van der Waals surface area contributed by atoms with Crippen LogP contribution in [-0.4, -0.2) is 83.0 Å². The van der Waals surface area contributed by atoms with Gasteiger partial charge >= 0.3 is 5.97 Å². The molecule has 36 heavy (non-hydrogen) atoms. The van der Waals surface area contributed by atoms with Crippen molar-refractivity contribution < 1.29 is 24.3 Å². The Morgan fingerprint density at radius 2 is 1.78 bits per heavy atom. The summed E-state index contributed by atoms with van der Waals surface area (Å²) >= 11 is 1.58. The van der Waals surface area contributed by atoms with E-state index in [2.05, 4.69) is 10.6 Å². The number of nitrogens with two attached hydrogens (primary N) is 2. The minimum Gasteiger partial charge on any atom is -0.480 e. The molecule has 4 atom stereocenters. The van der Waals surface area contributed by atoms with Crippen LogP contribution in [0.15, 0.2) is 30.3 Å². The summed E-state index contributed by atoms with van der Waals surface area (Å²) in [6.07, 6.45) is 5.19. The van der Waals surface area contributed by atoms with Gasteiger partial charge in [-0.3, -0.25) is 14.4 Å². The van der Waals surface area contributed by atoms with Gasteiger partial charge in [0.25, 0.3) is 0 Å². The highest BCUT2D eigenvalue weighted by atomic mass is 32.2. The molecule has 0 aromatic heterocycles. The molecule has 1 aliphatic heterocycles. The number of benzene rings is 1. The van der Waals surface area contributed by atoms with Crippen molar-refractivity contribution in [3.8, 4) is 0 Å². The Balaban J connectivity index is 2.21. The van der Waals surface area contributed by atoms with Crippen molar-refractivity contribution in [3.63, 3.8) is 0 Å². The average Bonchev–Trinajstić information content (AvgIpc) is 3.37. The fraction of sp³-hybridized carbons (Fsp3) is 0.600. The van der Waals surface area contributed by atoms with Crippen molar-refractivity contribution >= 4 is 35.5 Å². The number of thioether (sulfide) groups is 1. The number of carbonyl (C=O) groups excluding carboxylic acids is 3. The molecule has 3 amide bonds. The number of amides is 3. The molecule has 200 valence electrons. The van der Waals surface area contributed by atoms with Crippen LogP contribution in [0.5, 0.6) is 0 Å². The Kier molecular flexibility index (Phi) is 12.7. The first-order valence-electron chi connectivity index (χ1n) is 12.4. The van der Waals surface area contributed by atoms with E-state index < -0.39 is 47.9 Å².